The molecule has 0 aliphatic heterocycles. The van der Waals surface area contributed by atoms with E-state index in [0.717, 1.165) is 10.0 Å². The Morgan fingerprint density at radius 3 is 2.57 bits per heavy atom. The Labute approximate surface area is 130 Å². The maximum absolute atomic E-state index is 12.9. The topological polar surface area (TPSA) is 68.0 Å². The Morgan fingerprint density at radius 1 is 1.29 bits per heavy atom. The monoisotopic (exact) mass is 351 g/mol. The molecule has 1 heterocycles. The van der Waals surface area contributed by atoms with Crippen LogP contribution in [0.25, 0.3) is 0 Å². The van der Waals surface area contributed by atoms with Gasteiger partial charge in [0.1, 0.15) is 11.6 Å². The number of amides is 1. The van der Waals surface area contributed by atoms with Gasteiger partial charge in [-0.05, 0) is 52.2 Å². The SMILES string of the molecule is NC(=O)C(CNc1ccc(Br)cn1)Cc1ccc(F)cc1. The van der Waals surface area contributed by atoms with Crippen molar-refractivity contribution < 1.29 is 9.18 Å². The van der Waals surface area contributed by atoms with Crippen molar-refractivity contribution in [3.05, 3.63) is 58.4 Å². The number of primary amides is 1. The van der Waals surface area contributed by atoms with E-state index in [0.29, 0.717) is 18.8 Å². The fraction of sp³-hybridized carbons (Fsp3) is 0.200. The van der Waals surface area contributed by atoms with Crippen LogP contribution < -0.4 is 11.1 Å². The third kappa shape index (κ3) is 4.82. The van der Waals surface area contributed by atoms with E-state index >= 15 is 0 Å². The van der Waals surface area contributed by atoms with E-state index in [1.165, 1.54) is 12.1 Å². The molecule has 110 valence electrons. The number of pyridine rings is 1. The minimum absolute atomic E-state index is 0.299. The second kappa shape index (κ2) is 7.17. The van der Waals surface area contributed by atoms with E-state index < -0.39 is 5.91 Å². The molecule has 0 saturated heterocycles. The highest BCUT2D eigenvalue weighted by Gasteiger charge is 2.16. The number of aromatic nitrogens is 1. The summed E-state index contributed by atoms with van der Waals surface area (Å²) in [6.45, 7) is 0.376. The number of anilines is 1. The van der Waals surface area contributed by atoms with Crippen molar-refractivity contribution in [3.63, 3.8) is 0 Å². The molecule has 21 heavy (non-hydrogen) atoms. The normalized spacial score (nSPS) is 11.9. The summed E-state index contributed by atoms with van der Waals surface area (Å²) in [5.41, 5.74) is 6.29. The number of rotatable bonds is 6. The molecule has 1 aromatic carbocycles. The number of carbonyl (C=O) groups is 1. The van der Waals surface area contributed by atoms with Crippen LogP contribution in [-0.2, 0) is 11.2 Å². The van der Waals surface area contributed by atoms with E-state index in [4.69, 9.17) is 5.73 Å². The Bertz CT molecular complexity index is 601. The zero-order valence-electron chi connectivity index (χ0n) is 11.2. The number of nitrogens with two attached hydrogens (primary N) is 1. The molecule has 0 fully saturated rings. The molecule has 0 bridgehead atoms. The minimum atomic E-state index is -0.399. The fourth-order valence-electron chi connectivity index (χ4n) is 1.89. The third-order valence-corrected chi connectivity index (χ3v) is 3.52. The maximum Gasteiger partial charge on any atom is 0.222 e. The Morgan fingerprint density at radius 2 is 2.00 bits per heavy atom. The minimum Gasteiger partial charge on any atom is -0.369 e. The van der Waals surface area contributed by atoms with Crippen molar-refractivity contribution in [2.75, 3.05) is 11.9 Å². The highest BCUT2D eigenvalue weighted by Crippen LogP contribution is 2.13. The highest BCUT2D eigenvalue weighted by atomic mass is 79.9. The lowest BCUT2D eigenvalue weighted by Crippen LogP contribution is -2.31. The van der Waals surface area contributed by atoms with Gasteiger partial charge in [0.2, 0.25) is 5.91 Å². The summed E-state index contributed by atoms with van der Waals surface area (Å²) >= 11 is 3.30. The molecule has 1 unspecified atom stereocenters. The van der Waals surface area contributed by atoms with Crippen molar-refractivity contribution in [2.45, 2.75) is 6.42 Å². The van der Waals surface area contributed by atoms with Gasteiger partial charge in [-0.3, -0.25) is 4.79 Å². The van der Waals surface area contributed by atoms with Crippen LogP contribution in [0, 0.1) is 11.7 Å². The number of halogens is 2. The Balaban J connectivity index is 1.97. The molecule has 4 nitrogen and oxygen atoms in total. The predicted octanol–water partition coefficient (Wildman–Crippen LogP) is 2.74. The van der Waals surface area contributed by atoms with Crippen molar-refractivity contribution in [2.24, 2.45) is 11.7 Å². The van der Waals surface area contributed by atoms with Crippen LogP contribution in [0.3, 0.4) is 0 Å². The van der Waals surface area contributed by atoms with Crippen LogP contribution in [-0.4, -0.2) is 17.4 Å². The first-order valence-corrected chi connectivity index (χ1v) is 7.23. The second-order valence-electron chi connectivity index (χ2n) is 4.67. The van der Waals surface area contributed by atoms with Gasteiger partial charge in [0.05, 0.1) is 5.92 Å². The molecule has 0 radical (unpaired) electrons. The summed E-state index contributed by atoms with van der Waals surface area (Å²) in [7, 11) is 0. The zero-order chi connectivity index (χ0) is 15.2. The second-order valence-corrected chi connectivity index (χ2v) is 5.59. The molecule has 0 spiro atoms. The van der Waals surface area contributed by atoms with Gasteiger partial charge in [-0.2, -0.15) is 0 Å². The van der Waals surface area contributed by atoms with Gasteiger partial charge in [0.15, 0.2) is 0 Å². The quantitative estimate of drug-likeness (QED) is 0.840. The standard InChI is InChI=1S/C15H15BrFN3O/c16-12-3-6-14(20-9-12)19-8-11(15(18)21)7-10-1-4-13(17)5-2-10/h1-6,9,11H,7-8H2,(H2,18,21)(H,19,20). The lowest BCUT2D eigenvalue weighted by Gasteiger charge is -2.15. The average molecular weight is 352 g/mol. The van der Waals surface area contributed by atoms with Crippen LogP contribution in [0.5, 0.6) is 0 Å². The predicted molar refractivity (Wildman–Crippen MR) is 83.2 cm³/mol. The molecular weight excluding hydrogens is 337 g/mol. The molecule has 6 heteroatoms. The van der Waals surface area contributed by atoms with Gasteiger partial charge in [-0.15, -0.1) is 0 Å². The van der Waals surface area contributed by atoms with E-state index in [1.54, 1.807) is 24.4 Å². The van der Waals surface area contributed by atoms with Crippen molar-refractivity contribution in [1.82, 2.24) is 4.98 Å². The van der Waals surface area contributed by atoms with Gasteiger partial charge in [-0.25, -0.2) is 9.37 Å². The Kier molecular flexibility index (Phi) is 5.27. The number of nitrogens with zero attached hydrogens (tertiary/aromatic N) is 1. The first-order chi connectivity index (χ1) is 10.0. The molecule has 0 aliphatic rings. The molecule has 1 amide bonds. The zero-order valence-corrected chi connectivity index (χ0v) is 12.8. The van der Waals surface area contributed by atoms with Crippen molar-refractivity contribution in [3.8, 4) is 0 Å². The third-order valence-electron chi connectivity index (χ3n) is 3.05. The summed E-state index contributed by atoms with van der Waals surface area (Å²) in [6, 6.07) is 9.72. The molecule has 0 saturated carbocycles. The molecule has 0 aliphatic carbocycles. The molecule has 2 aromatic rings. The van der Waals surface area contributed by atoms with E-state index in [-0.39, 0.29) is 11.7 Å². The van der Waals surface area contributed by atoms with Gasteiger partial charge in [0, 0.05) is 17.2 Å². The van der Waals surface area contributed by atoms with E-state index in [1.807, 2.05) is 6.07 Å². The number of hydrogen-bond acceptors (Lipinski definition) is 3. The van der Waals surface area contributed by atoms with Crippen molar-refractivity contribution >= 4 is 27.7 Å². The summed E-state index contributed by atoms with van der Waals surface area (Å²) < 4.78 is 13.7. The van der Waals surface area contributed by atoms with E-state index in [2.05, 4.69) is 26.2 Å². The largest absolute Gasteiger partial charge is 0.369 e. The summed E-state index contributed by atoms with van der Waals surface area (Å²) in [4.78, 5) is 15.7. The number of nitrogens with one attached hydrogen (secondary N) is 1. The lowest BCUT2D eigenvalue weighted by atomic mass is 9.98. The molecule has 3 N–H and O–H groups in total. The van der Waals surface area contributed by atoms with Crippen LogP contribution >= 0.6 is 15.9 Å². The van der Waals surface area contributed by atoms with E-state index in [9.17, 15) is 9.18 Å². The number of hydrogen-bond donors (Lipinski definition) is 2. The maximum atomic E-state index is 12.9. The first kappa shape index (κ1) is 15.4. The van der Waals surface area contributed by atoms with Gasteiger partial charge < -0.3 is 11.1 Å². The highest BCUT2D eigenvalue weighted by molar-refractivity contribution is 9.10. The van der Waals surface area contributed by atoms with Gasteiger partial charge in [0.25, 0.3) is 0 Å². The molecule has 1 atom stereocenters. The van der Waals surface area contributed by atoms with Crippen LogP contribution in [0.4, 0.5) is 10.2 Å². The molecule has 1 aromatic heterocycles. The van der Waals surface area contributed by atoms with Gasteiger partial charge >= 0.3 is 0 Å². The molecular formula is C15H15BrFN3O. The Hall–Kier alpha value is -1.95. The van der Waals surface area contributed by atoms with Crippen LogP contribution in [0.2, 0.25) is 0 Å². The number of carbonyl (C=O) groups excluding carboxylic acids is 1. The fourth-order valence-corrected chi connectivity index (χ4v) is 2.12. The molecule has 2 rings (SSSR count). The lowest BCUT2D eigenvalue weighted by molar-refractivity contribution is -0.121. The summed E-state index contributed by atoms with van der Waals surface area (Å²) in [5.74, 6) is -0.417. The summed E-state index contributed by atoms with van der Waals surface area (Å²) in [5, 5.41) is 3.08. The first-order valence-electron chi connectivity index (χ1n) is 6.44. The van der Waals surface area contributed by atoms with Gasteiger partial charge in [-0.1, -0.05) is 12.1 Å². The number of benzene rings is 1. The summed E-state index contributed by atoms with van der Waals surface area (Å²) in [6.07, 6.45) is 2.13. The van der Waals surface area contributed by atoms with Crippen molar-refractivity contribution in [1.29, 1.82) is 0 Å². The van der Waals surface area contributed by atoms with Crippen LogP contribution in [0.1, 0.15) is 5.56 Å². The van der Waals surface area contributed by atoms with Crippen LogP contribution in [0.15, 0.2) is 47.1 Å². The smallest absolute Gasteiger partial charge is 0.222 e. The average Bonchev–Trinajstić information content (AvgIpc) is 2.47.